The highest BCUT2D eigenvalue weighted by molar-refractivity contribution is 5.57. The lowest BCUT2D eigenvalue weighted by molar-refractivity contribution is 0.627. The lowest BCUT2D eigenvalue weighted by atomic mass is 10.1. The molecule has 0 fully saturated rings. The van der Waals surface area contributed by atoms with Gasteiger partial charge in [-0.3, -0.25) is 0 Å². The Labute approximate surface area is 89.0 Å². The summed E-state index contributed by atoms with van der Waals surface area (Å²) in [5, 5.41) is 11.8. The zero-order valence-corrected chi connectivity index (χ0v) is 8.63. The molecule has 0 amide bonds. The van der Waals surface area contributed by atoms with Crippen LogP contribution < -0.4 is 5.32 Å². The summed E-state index contributed by atoms with van der Waals surface area (Å²) < 4.78 is 12.9. The molecule has 3 heteroatoms. The lowest BCUT2D eigenvalue weighted by Gasteiger charge is -1.97. The quantitative estimate of drug-likeness (QED) is 0.764. The fourth-order valence-corrected chi connectivity index (χ4v) is 1.21. The molecule has 0 aliphatic rings. The lowest BCUT2D eigenvalue weighted by Crippen LogP contribution is -2.05. The molecule has 2 nitrogen and oxygen atoms in total. The van der Waals surface area contributed by atoms with Gasteiger partial charge in [0, 0.05) is 0 Å². The summed E-state index contributed by atoms with van der Waals surface area (Å²) in [4.78, 5) is 0. The van der Waals surface area contributed by atoms with E-state index in [0.29, 0.717) is 11.1 Å². The van der Waals surface area contributed by atoms with Gasteiger partial charge in [-0.25, -0.2) is 4.39 Å². The summed E-state index contributed by atoms with van der Waals surface area (Å²) in [5.74, 6) is -0.317. The third-order valence-electron chi connectivity index (χ3n) is 1.99. The van der Waals surface area contributed by atoms with Gasteiger partial charge in [0.2, 0.25) is 0 Å². The molecule has 1 N–H and O–H groups in total. The van der Waals surface area contributed by atoms with Crippen molar-refractivity contribution in [2.24, 2.45) is 0 Å². The molecule has 0 saturated heterocycles. The first-order valence-corrected chi connectivity index (χ1v) is 4.78. The molecule has 15 heavy (non-hydrogen) atoms. The first-order chi connectivity index (χ1) is 7.27. The number of hydrogen-bond acceptors (Lipinski definition) is 2. The van der Waals surface area contributed by atoms with E-state index in [1.807, 2.05) is 19.2 Å². The van der Waals surface area contributed by atoms with Crippen molar-refractivity contribution in [3.63, 3.8) is 0 Å². The molecule has 0 heterocycles. The van der Waals surface area contributed by atoms with Crippen LogP contribution in [0.4, 0.5) is 4.39 Å². The first-order valence-electron chi connectivity index (χ1n) is 4.78. The van der Waals surface area contributed by atoms with Crippen LogP contribution >= 0.6 is 0 Å². The van der Waals surface area contributed by atoms with Gasteiger partial charge in [0.15, 0.2) is 0 Å². The van der Waals surface area contributed by atoms with Gasteiger partial charge in [-0.2, -0.15) is 5.26 Å². The van der Waals surface area contributed by atoms with Crippen LogP contribution in [0.1, 0.15) is 17.5 Å². The summed E-state index contributed by atoms with van der Waals surface area (Å²) in [5.41, 5.74) is 1.13. The summed E-state index contributed by atoms with van der Waals surface area (Å²) in [7, 11) is 1.87. The fourth-order valence-electron chi connectivity index (χ4n) is 1.21. The van der Waals surface area contributed by atoms with Gasteiger partial charge >= 0.3 is 0 Å². The van der Waals surface area contributed by atoms with Crippen molar-refractivity contribution in [1.82, 2.24) is 5.32 Å². The molecule has 1 rings (SSSR count). The molecule has 0 unspecified atom stereocenters. The standard InChI is InChI=1S/C12H13FN2/c1-15-7-3-2-4-10-8-12(13)6-5-11(10)9-14/h2,4-6,8,15H,3,7H2,1H3. The van der Waals surface area contributed by atoms with E-state index in [9.17, 15) is 4.39 Å². The van der Waals surface area contributed by atoms with Crippen molar-refractivity contribution in [1.29, 1.82) is 5.26 Å². The Bertz CT molecular complexity index is 391. The SMILES string of the molecule is CNCCC=Cc1cc(F)ccc1C#N. The molecular formula is C12H13FN2. The third kappa shape index (κ3) is 3.53. The van der Waals surface area contributed by atoms with Crippen molar-refractivity contribution < 1.29 is 4.39 Å². The molecule has 0 aliphatic carbocycles. The van der Waals surface area contributed by atoms with Crippen LogP contribution in [0.3, 0.4) is 0 Å². The second-order valence-electron chi connectivity index (χ2n) is 3.14. The van der Waals surface area contributed by atoms with Crippen LogP contribution in [-0.4, -0.2) is 13.6 Å². The predicted molar refractivity (Wildman–Crippen MR) is 58.7 cm³/mol. The largest absolute Gasteiger partial charge is 0.319 e. The highest BCUT2D eigenvalue weighted by Gasteiger charge is 1.99. The van der Waals surface area contributed by atoms with Crippen LogP contribution in [0.2, 0.25) is 0 Å². The van der Waals surface area contributed by atoms with Gasteiger partial charge in [-0.1, -0.05) is 12.2 Å². The Balaban J connectivity index is 2.79. The Hall–Kier alpha value is -1.66. The number of nitrogens with zero attached hydrogens (tertiary/aromatic N) is 1. The van der Waals surface area contributed by atoms with E-state index in [-0.39, 0.29) is 5.82 Å². The van der Waals surface area contributed by atoms with Crippen LogP contribution in [0.25, 0.3) is 6.08 Å². The molecule has 0 radical (unpaired) electrons. The number of benzene rings is 1. The van der Waals surface area contributed by atoms with E-state index >= 15 is 0 Å². The van der Waals surface area contributed by atoms with Crippen LogP contribution in [0.5, 0.6) is 0 Å². The molecular weight excluding hydrogens is 191 g/mol. The van der Waals surface area contributed by atoms with Crippen molar-refractivity contribution in [2.45, 2.75) is 6.42 Å². The molecule has 0 aromatic heterocycles. The number of halogens is 1. The molecule has 0 aliphatic heterocycles. The Morgan fingerprint density at radius 2 is 2.33 bits per heavy atom. The zero-order chi connectivity index (χ0) is 11.1. The van der Waals surface area contributed by atoms with E-state index in [0.717, 1.165) is 13.0 Å². The first kappa shape index (κ1) is 11.4. The number of nitrogens with one attached hydrogen (secondary N) is 1. The van der Waals surface area contributed by atoms with Gasteiger partial charge in [0.05, 0.1) is 11.6 Å². The van der Waals surface area contributed by atoms with Gasteiger partial charge in [0.25, 0.3) is 0 Å². The molecule has 0 saturated carbocycles. The molecule has 0 atom stereocenters. The van der Waals surface area contributed by atoms with Crippen molar-refractivity contribution in [3.8, 4) is 6.07 Å². The average Bonchev–Trinajstić information content (AvgIpc) is 2.25. The van der Waals surface area contributed by atoms with Gasteiger partial charge < -0.3 is 5.32 Å². The molecule has 0 spiro atoms. The van der Waals surface area contributed by atoms with E-state index in [4.69, 9.17) is 5.26 Å². The van der Waals surface area contributed by atoms with Crippen LogP contribution in [-0.2, 0) is 0 Å². The minimum Gasteiger partial charge on any atom is -0.319 e. The van der Waals surface area contributed by atoms with E-state index in [1.165, 1.54) is 18.2 Å². The van der Waals surface area contributed by atoms with Gasteiger partial charge in [0.1, 0.15) is 5.82 Å². The maximum atomic E-state index is 12.9. The van der Waals surface area contributed by atoms with Crippen molar-refractivity contribution in [3.05, 3.63) is 41.2 Å². The monoisotopic (exact) mass is 204 g/mol. The average molecular weight is 204 g/mol. The Morgan fingerprint density at radius 1 is 1.53 bits per heavy atom. The smallest absolute Gasteiger partial charge is 0.123 e. The molecule has 78 valence electrons. The fraction of sp³-hybridized carbons (Fsp3) is 0.250. The maximum absolute atomic E-state index is 12.9. The number of hydrogen-bond donors (Lipinski definition) is 1. The molecule has 0 bridgehead atoms. The van der Waals surface area contributed by atoms with E-state index in [1.54, 1.807) is 6.08 Å². The second-order valence-corrected chi connectivity index (χ2v) is 3.14. The summed E-state index contributed by atoms with van der Waals surface area (Å²) >= 11 is 0. The van der Waals surface area contributed by atoms with Crippen LogP contribution in [0.15, 0.2) is 24.3 Å². The predicted octanol–water partition coefficient (Wildman–Crippen LogP) is 2.32. The number of rotatable bonds is 4. The van der Waals surface area contributed by atoms with E-state index in [2.05, 4.69) is 5.32 Å². The second kappa shape index (κ2) is 5.94. The highest BCUT2D eigenvalue weighted by atomic mass is 19.1. The topological polar surface area (TPSA) is 35.8 Å². The third-order valence-corrected chi connectivity index (χ3v) is 1.99. The number of nitriles is 1. The normalized spacial score (nSPS) is 10.5. The minimum atomic E-state index is -0.317. The maximum Gasteiger partial charge on any atom is 0.123 e. The highest BCUT2D eigenvalue weighted by Crippen LogP contribution is 2.12. The van der Waals surface area contributed by atoms with Gasteiger partial charge in [-0.15, -0.1) is 0 Å². The zero-order valence-electron chi connectivity index (χ0n) is 8.63. The summed E-state index contributed by atoms with van der Waals surface area (Å²) in [6.07, 6.45) is 4.56. The van der Waals surface area contributed by atoms with Crippen LogP contribution in [0, 0.1) is 17.1 Å². The van der Waals surface area contributed by atoms with Crippen molar-refractivity contribution in [2.75, 3.05) is 13.6 Å². The minimum absolute atomic E-state index is 0.317. The summed E-state index contributed by atoms with van der Waals surface area (Å²) in [6.45, 7) is 0.869. The Morgan fingerprint density at radius 3 is 3.00 bits per heavy atom. The van der Waals surface area contributed by atoms with Gasteiger partial charge in [-0.05, 0) is 43.8 Å². The van der Waals surface area contributed by atoms with Crippen molar-refractivity contribution >= 4 is 6.08 Å². The molecule has 1 aromatic rings. The summed E-state index contributed by atoms with van der Waals surface area (Å²) in [6, 6.07) is 6.19. The van der Waals surface area contributed by atoms with E-state index < -0.39 is 0 Å². The Kier molecular flexibility index (Phi) is 4.52. The molecule has 1 aromatic carbocycles.